The Morgan fingerprint density at radius 1 is 1.04 bits per heavy atom. The molecule has 0 bridgehead atoms. The molecular weight excluding hydrogens is 390 g/mol. The van der Waals surface area contributed by atoms with Gasteiger partial charge in [-0.05, 0) is 51.1 Å². The number of amides is 1. The van der Waals surface area contributed by atoms with Gasteiger partial charge in [-0.3, -0.25) is 9.69 Å². The van der Waals surface area contributed by atoms with Crippen LogP contribution in [-0.4, -0.2) is 74.1 Å². The topological polar surface area (TPSA) is 38.8 Å². The third-order valence-electron chi connectivity index (χ3n) is 5.63. The highest BCUT2D eigenvalue weighted by Crippen LogP contribution is 2.19. The highest BCUT2D eigenvalue weighted by Gasteiger charge is 2.30. The maximum absolute atomic E-state index is 13.1. The number of rotatable bonds is 4. The van der Waals surface area contributed by atoms with Crippen LogP contribution in [0.3, 0.4) is 0 Å². The number of likely N-dealkylation sites (tertiary alicyclic amines) is 1. The average molecular weight is 421 g/mol. The quantitative estimate of drug-likeness (QED) is 0.811. The van der Waals surface area contributed by atoms with Crippen molar-refractivity contribution in [3.05, 3.63) is 30.1 Å². The molecule has 2 fully saturated rings. The molecule has 154 valence electrons. The van der Waals surface area contributed by atoms with E-state index in [0.29, 0.717) is 6.04 Å². The van der Waals surface area contributed by atoms with Gasteiger partial charge in [-0.15, -0.1) is 24.8 Å². The molecule has 0 spiro atoms. The summed E-state index contributed by atoms with van der Waals surface area (Å²) in [4.78, 5) is 19.3. The predicted molar refractivity (Wildman–Crippen MR) is 113 cm³/mol. The van der Waals surface area contributed by atoms with Crippen molar-refractivity contribution in [2.75, 3.05) is 51.2 Å². The standard InChI is InChI=1S/C19H29FN4O.2ClH/c1-15(19(25)24-9-7-17(21-2)8-10-24)22-11-13-23(14-12-22)18-5-3-16(20)4-6-18;;/h3-6,15,17,21H,7-14H2,1-2H3;2*1H. The van der Waals surface area contributed by atoms with Crippen molar-refractivity contribution >= 4 is 36.4 Å². The molecule has 2 aliphatic rings. The van der Waals surface area contributed by atoms with Gasteiger partial charge in [0, 0.05) is 51.0 Å². The summed E-state index contributed by atoms with van der Waals surface area (Å²) in [5.74, 6) is 0.0495. The second-order valence-electron chi connectivity index (χ2n) is 7.06. The van der Waals surface area contributed by atoms with Crippen molar-refractivity contribution in [1.82, 2.24) is 15.1 Å². The summed E-state index contributed by atoms with van der Waals surface area (Å²) >= 11 is 0. The van der Waals surface area contributed by atoms with Crippen LogP contribution in [0.2, 0.25) is 0 Å². The number of carbonyl (C=O) groups is 1. The molecule has 1 N–H and O–H groups in total. The molecule has 0 aromatic heterocycles. The molecule has 1 unspecified atom stereocenters. The Morgan fingerprint density at radius 2 is 1.59 bits per heavy atom. The molecule has 1 atom stereocenters. The van der Waals surface area contributed by atoms with Crippen LogP contribution in [0.4, 0.5) is 10.1 Å². The average Bonchev–Trinajstić information content (AvgIpc) is 2.67. The van der Waals surface area contributed by atoms with E-state index in [1.54, 1.807) is 0 Å². The van der Waals surface area contributed by atoms with Gasteiger partial charge in [0.15, 0.2) is 0 Å². The monoisotopic (exact) mass is 420 g/mol. The number of nitrogens with one attached hydrogen (secondary N) is 1. The molecule has 1 amide bonds. The van der Waals surface area contributed by atoms with Crippen molar-refractivity contribution in [1.29, 1.82) is 0 Å². The predicted octanol–water partition coefficient (Wildman–Crippen LogP) is 2.39. The molecular formula is C19H31Cl2FN4O. The van der Waals surface area contributed by atoms with E-state index in [1.165, 1.54) is 12.1 Å². The van der Waals surface area contributed by atoms with Gasteiger partial charge in [0.1, 0.15) is 5.82 Å². The minimum atomic E-state index is -0.205. The van der Waals surface area contributed by atoms with E-state index in [4.69, 9.17) is 0 Å². The number of hydrogen-bond acceptors (Lipinski definition) is 4. The summed E-state index contributed by atoms with van der Waals surface area (Å²) in [6.07, 6.45) is 2.07. The Morgan fingerprint density at radius 3 is 2.11 bits per heavy atom. The van der Waals surface area contributed by atoms with E-state index in [2.05, 4.69) is 15.1 Å². The molecule has 8 heteroatoms. The maximum Gasteiger partial charge on any atom is 0.239 e. The van der Waals surface area contributed by atoms with Crippen molar-refractivity contribution in [2.45, 2.75) is 31.8 Å². The maximum atomic E-state index is 13.1. The van der Waals surface area contributed by atoms with Crippen molar-refractivity contribution in [3.8, 4) is 0 Å². The van der Waals surface area contributed by atoms with Crippen LogP contribution < -0.4 is 10.2 Å². The van der Waals surface area contributed by atoms with E-state index >= 15 is 0 Å². The minimum Gasteiger partial charge on any atom is -0.369 e. The Kier molecular flexibility index (Phi) is 9.81. The Labute approximate surface area is 174 Å². The normalized spacial score (nSPS) is 19.8. The van der Waals surface area contributed by atoms with E-state index in [9.17, 15) is 9.18 Å². The third-order valence-corrected chi connectivity index (χ3v) is 5.63. The number of carbonyl (C=O) groups excluding carboxylic acids is 1. The van der Waals surface area contributed by atoms with E-state index in [0.717, 1.165) is 57.8 Å². The van der Waals surface area contributed by atoms with Gasteiger partial charge in [0.05, 0.1) is 6.04 Å². The molecule has 2 heterocycles. The SMILES string of the molecule is CNC1CCN(C(=O)C(C)N2CCN(c3ccc(F)cc3)CC2)CC1.Cl.Cl. The second-order valence-corrected chi connectivity index (χ2v) is 7.06. The van der Waals surface area contributed by atoms with Crippen molar-refractivity contribution < 1.29 is 9.18 Å². The molecule has 0 aliphatic carbocycles. The number of piperazine rings is 1. The number of nitrogens with zero attached hydrogens (tertiary/aromatic N) is 3. The fourth-order valence-corrected chi connectivity index (χ4v) is 3.83. The summed E-state index contributed by atoms with van der Waals surface area (Å²) in [7, 11) is 1.99. The molecule has 3 rings (SSSR count). The number of piperidine rings is 1. The summed E-state index contributed by atoms with van der Waals surface area (Å²) in [5.41, 5.74) is 1.05. The lowest BCUT2D eigenvalue weighted by atomic mass is 10.0. The first-order valence-corrected chi connectivity index (χ1v) is 9.29. The van der Waals surface area contributed by atoms with Crippen LogP contribution in [0.15, 0.2) is 24.3 Å². The van der Waals surface area contributed by atoms with Gasteiger partial charge in [-0.2, -0.15) is 0 Å². The number of anilines is 1. The molecule has 2 saturated heterocycles. The lowest BCUT2D eigenvalue weighted by molar-refractivity contribution is -0.137. The first-order chi connectivity index (χ1) is 12.1. The summed E-state index contributed by atoms with van der Waals surface area (Å²) in [6.45, 7) is 7.18. The molecule has 2 aliphatic heterocycles. The van der Waals surface area contributed by atoms with E-state index in [1.807, 2.05) is 31.0 Å². The zero-order chi connectivity index (χ0) is 17.8. The molecule has 5 nitrogen and oxygen atoms in total. The van der Waals surface area contributed by atoms with Crippen LogP contribution in [0.25, 0.3) is 0 Å². The van der Waals surface area contributed by atoms with Gasteiger partial charge in [-0.1, -0.05) is 0 Å². The largest absolute Gasteiger partial charge is 0.369 e. The molecule has 1 aromatic carbocycles. The third kappa shape index (κ3) is 5.95. The first kappa shape index (κ1) is 24.0. The number of halogens is 3. The van der Waals surface area contributed by atoms with Crippen LogP contribution >= 0.6 is 24.8 Å². The summed E-state index contributed by atoms with van der Waals surface area (Å²) in [6, 6.07) is 7.13. The minimum absolute atomic E-state index is 0. The molecule has 0 saturated carbocycles. The Hall–Kier alpha value is -1.08. The van der Waals surface area contributed by atoms with Crippen molar-refractivity contribution in [2.24, 2.45) is 0 Å². The highest BCUT2D eigenvalue weighted by atomic mass is 35.5. The van der Waals surface area contributed by atoms with Gasteiger partial charge in [-0.25, -0.2) is 4.39 Å². The van der Waals surface area contributed by atoms with E-state index < -0.39 is 0 Å². The molecule has 0 radical (unpaired) electrons. The fraction of sp³-hybridized carbons (Fsp3) is 0.632. The molecule has 1 aromatic rings. The van der Waals surface area contributed by atoms with Crippen LogP contribution in [0, 0.1) is 5.82 Å². The lowest BCUT2D eigenvalue weighted by Gasteiger charge is -2.41. The summed E-state index contributed by atoms with van der Waals surface area (Å²) in [5, 5.41) is 3.30. The first-order valence-electron chi connectivity index (χ1n) is 9.29. The van der Waals surface area contributed by atoms with Gasteiger partial charge in [0.25, 0.3) is 0 Å². The van der Waals surface area contributed by atoms with Gasteiger partial charge < -0.3 is 15.1 Å². The fourth-order valence-electron chi connectivity index (χ4n) is 3.83. The lowest BCUT2D eigenvalue weighted by Crippen LogP contribution is -2.56. The van der Waals surface area contributed by atoms with Crippen LogP contribution in [0.5, 0.6) is 0 Å². The van der Waals surface area contributed by atoms with Gasteiger partial charge in [0.2, 0.25) is 5.91 Å². The number of hydrogen-bond donors (Lipinski definition) is 1. The second kappa shape index (κ2) is 11.1. The van der Waals surface area contributed by atoms with Gasteiger partial charge >= 0.3 is 0 Å². The Balaban J connectivity index is 0.00000182. The van der Waals surface area contributed by atoms with Crippen LogP contribution in [-0.2, 0) is 4.79 Å². The highest BCUT2D eigenvalue weighted by molar-refractivity contribution is 5.85. The van der Waals surface area contributed by atoms with Crippen LogP contribution in [0.1, 0.15) is 19.8 Å². The zero-order valence-electron chi connectivity index (χ0n) is 16.1. The molecule has 27 heavy (non-hydrogen) atoms. The number of benzene rings is 1. The Bertz CT molecular complexity index is 574. The van der Waals surface area contributed by atoms with E-state index in [-0.39, 0.29) is 42.6 Å². The zero-order valence-corrected chi connectivity index (χ0v) is 17.7. The van der Waals surface area contributed by atoms with Crippen molar-refractivity contribution in [3.63, 3.8) is 0 Å². The smallest absolute Gasteiger partial charge is 0.239 e. The summed E-state index contributed by atoms with van der Waals surface area (Å²) < 4.78 is 13.1.